The molecule has 2 fully saturated rings. The van der Waals surface area contributed by atoms with Crippen LogP contribution >= 0.6 is 0 Å². The van der Waals surface area contributed by atoms with Crippen molar-refractivity contribution in [2.75, 3.05) is 39.4 Å². The Bertz CT molecular complexity index is 1550. The van der Waals surface area contributed by atoms with E-state index in [0.717, 1.165) is 80.9 Å². The van der Waals surface area contributed by atoms with E-state index in [9.17, 15) is 14.7 Å². The third kappa shape index (κ3) is 5.96. The zero-order valence-electron chi connectivity index (χ0n) is 23.0. The van der Waals surface area contributed by atoms with Crippen LogP contribution < -0.4 is 5.73 Å². The van der Waals surface area contributed by atoms with Gasteiger partial charge in [-0.2, -0.15) is 0 Å². The lowest BCUT2D eigenvalue weighted by Crippen LogP contribution is -2.38. The molecule has 0 atom stereocenters. The van der Waals surface area contributed by atoms with Gasteiger partial charge in [-0.3, -0.25) is 14.5 Å². The SMILES string of the molecule is NC(=O)c1ccc(Cn2ccc3cc(C4CCN(C(=O)c5ccc(CN6CCOCC6)cc5)CC4)cnc32)cc1O. The Morgan fingerprint density at radius 1 is 0.927 bits per heavy atom. The summed E-state index contributed by atoms with van der Waals surface area (Å²) < 4.78 is 7.45. The maximum atomic E-state index is 13.2. The highest BCUT2D eigenvalue weighted by molar-refractivity contribution is 5.95. The van der Waals surface area contributed by atoms with Crippen LogP contribution in [0.3, 0.4) is 0 Å². The van der Waals surface area contributed by atoms with E-state index in [1.165, 1.54) is 11.1 Å². The third-order valence-corrected chi connectivity index (χ3v) is 8.27. The molecule has 2 aliphatic rings. The zero-order valence-corrected chi connectivity index (χ0v) is 23.0. The molecule has 4 aromatic rings. The van der Waals surface area contributed by atoms with Gasteiger partial charge >= 0.3 is 0 Å². The van der Waals surface area contributed by atoms with Crippen molar-refractivity contribution in [2.45, 2.75) is 31.8 Å². The van der Waals surface area contributed by atoms with Crippen LogP contribution in [-0.4, -0.2) is 75.7 Å². The number of nitrogens with zero attached hydrogens (tertiary/aromatic N) is 4. The van der Waals surface area contributed by atoms with Crippen molar-refractivity contribution in [1.29, 1.82) is 0 Å². The second kappa shape index (κ2) is 11.7. The number of aromatic hydroxyl groups is 1. The number of morpholine rings is 1. The molecule has 3 N–H and O–H groups in total. The summed E-state index contributed by atoms with van der Waals surface area (Å²) in [6.07, 6.45) is 5.73. The maximum Gasteiger partial charge on any atom is 0.253 e. The number of hydrogen-bond acceptors (Lipinski definition) is 6. The molecule has 0 spiro atoms. The van der Waals surface area contributed by atoms with E-state index in [1.807, 2.05) is 40.1 Å². The van der Waals surface area contributed by atoms with Crippen LogP contribution in [0.25, 0.3) is 11.0 Å². The number of nitrogens with two attached hydrogens (primary N) is 1. The number of pyridine rings is 1. The second-order valence-electron chi connectivity index (χ2n) is 11.0. The first-order valence-corrected chi connectivity index (χ1v) is 14.2. The largest absolute Gasteiger partial charge is 0.507 e. The number of piperidine rings is 1. The van der Waals surface area contributed by atoms with Crippen LogP contribution in [0.2, 0.25) is 0 Å². The first-order valence-electron chi connectivity index (χ1n) is 14.2. The summed E-state index contributed by atoms with van der Waals surface area (Å²) in [4.78, 5) is 33.7. The Kier molecular flexibility index (Phi) is 7.71. The average Bonchev–Trinajstić information content (AvgIpc) is 3.39. The summed E-state index contributed by atoms with van der Waals surface area (Å²) in [5.41, 5.74) is 10.3. The van der Waals surface area contributed by atoms with E-state index < -0.39 is 5.91 Å². The molecule has 6 rings (SSSR count). The van der Waals surface area contributed by atoms with Crippen molar-refractivity contribution < 1.29 is 19.4 Å². The lowest BCUT2D eigenvalue weighted by Gasteiger charge is -2.32. The van der Waals surface area contributed by atoms with Gasteiger partial charge in [-0.25, -0.2) is 4.98 Å². The van der Waals surface area contributed by atoms with Gasteiger partial charge in [0.15, 0.2) is 0 Å². The summed E-state index contributed by atoms with van der Waals surface area (Å²) in [5.74, 6) is -0.318. The quantitative estimate of drug-likeness (QED) is 0.361. The van der Waals surface area contributed by atoms with Crippen LogP contribution in [-0.2, 0) is 17.8 Å². The summed E-state index contributed by atoms with van der Waals surface area (Å²) in [6, 6.07) is 17.2. The van der Waals surface area contributed by atoms with Gasteiger partial charge in [0.05, 0.1) is 18.8 Å². The predicted molar refractivity (Wildman–Crippen MR) is 156 cm³/mol. The first kappa shape index (κ1) is 27.0. The molecule has 2 aliphatic heterocycles. The number of carbonyl (C=O) groups excluding carboxylic acids is 2. The molecule has 0 bridgehead atoms. The number of hydrogen-bond donors (Lipinski definition) is 2. The van der Waals surface area contributed by atoms with Gasteiger partial charge in [0.25, 0.3) is 11.8 Å². The van der Waals surface area contributed by atoms with Gasteiger partial charge in [0, 0.05) is 62.6 Å². The average molecular weight is 554 g/mol. The molecule has 0 aliphatic carbocycles. The minimum absolute atomic E-state index is 0.0990. The van der Waals surface area contributed by atoms with Crippen LogP contribution in [0.15, 0.2) is 67.0 Å². The highest BCUT2D eigenvalue weighted by Crippen LogP contribution is 2.30. The standard InChI is InChI=1S/C32H35N5O4/c33-30(39)28-6-3-23(17-29(28)38)21-37-12-9-26-18-27(19-34-31(26)37)24-7-10-36(11-8-24)32(40)25-4-1-22(2-5-25)20-35-13-15-41-16-14-35/h1-6,9,12,17-19,24,38H,7-8,10-11,13-16,20-21H2,(H2,33,39). The molecule has 9 nitrogen and oxygen atoms in total. The Balaban J connectivity index is 1.06. The van der Waals surface area contributed by atoms with E-state index in [0.29, 0.717) is 12.5 Å². The van der Waals surface area contributed by atoms with Gasteiger partial charge in [-0.05, 0) is 71.8 Å². The topological polar surface area (TPSA) is 114 Å². The van der Waals surface area contributed by atoms with Crippen LogP contribution in [0.5, 0.6) is 5.75 Å². The second-order valence-corrected chi connectivity index (χ2v) is 11.0. The molecule has 2 aromatic heterocycles. The Morgan fingerprint density at radius 3 is 2.37 bits per heavy atom. The molecule has 0 saturated carbocycles. The lowest BCUT2D eigenvalue weighted by atomic mass is 9.90. The van der Waals surface area contributed by atoms with Crippen LogP contribution in [0, 0.1) is 0 Å². The molecule has 4 heterocycles. The molecular formula is C32H35N5O4. The molecule has 0 unspecified atom stereocenters. The predicted octanol–water partition coefficient (Wildman–Crippen LogP) is 3.74. The summed E-state index contributed by atoms with van der Waals surface area (Å²) in [5, 5.41) is 11.2. The van der Waals surface area contributed by atoms with Crippen LogP contribution in [0.4, 0.5) is 0 Å². The fourth-order valence-corrected chi connectivity index (χ4v) is 5.90. The summed E-state index contributed by atoms with van der Waals surface area (Å²) in [6.45, 7) is 6.31. The normalized spacial score (nSPS) is 16.7. The van der Waals surface area contributed by atoms with E-state index in [2.05, 4.69) is 23.1 Å². The van der Waals surface area contributed by atoms with Gasteiger partial charge in [0.2, 0.25) is 0 Å². The van der Waals surface area contributed by atoms with Gasteiger partial charge in [-0.1, -0.05) is 18.2 Å². The van der Waals surface area contributed by atoms with Gasteiger partial charge in [-0.15, -0.1) is 0 Å². The zero-order chi connectivity index (χ0) is 28.3. The number of rotatable bonds is 7. The molecule has 2 amide bonds. The first-order chi connectivity index (χ1) is 19.9. The van der Waals surface area contributed by atoms with E-state index in [4.69, 9.17) is 15.5 Å². The fourth-order valence-electron chi connectivity index (χ4n) is 5.90. The van der Waals surface area contributed by atoms with Crippen molar-refractivity contribution in [3.05, 3.63) is 94.8 Å². The summed E-state index contributed by atoms with van der Waals surface area (Å²) in [7, 11) is 0. The van der Waals surface area contributed by atoms with Crippen molar-refractivity contribution in [3.8, 4) is 5.75 Å². The van der Waals surface area contributed by atoms with Crippen LogP contribution in [0.1, 0.15) is 56.2 Å². The van der Waals surface area contributed by atoms with E-state index in [-0.39, 0.29) is 17.2 Å². The Morgan fingerprint density at radius 2 is 1.66 bits per heavy atom. The number of phenols is 1. The molecule has 2 saturated heterocycles. The number of fused-ring (bicyclic) bond motifs is 1. The molecular weight excluding hydrogens is 518 g/mol. The van der Waals surface area contributed by atoms with Crippen molar-refractivity contribution in [2.24, 2.45) is 5.73 Å². The minimum Gasteiger partial charge on any atom is -0.507 e. The highest BCUT2D eigenvalue weighted by Gasteiger charge is 2.25. The molecule has 41 heavy (non-hydrogen) atoms. The Labute approximate surface area is 239 Å². The van der Waals surface area contributed by atoms with Crippen molar-refractivity contribution >= 4 is 22.8 Å². The summed E-state index contributed by atoms with van der Waals surface area (Å²) >= 11 is 0. The minimum atomic E-state index is -0.654. The smallest absolute Gasteiger partial charge is 0.253 e. The number of likely N-dealkylation sites (tertiary alicyclic amines) is 1. The van der Waals surface area contributed by atoms with E-state index >= 15 is 0 Å². The monoisotopic (exact) mass is 553 g/mol. The highest BCUT2D eigenvalue weighted by atomic mass is 16.5. The van der Waals surface area contributed by atoms with Crippen molar-refractivity contribution in [1.82, 2.24) is 19.4 Å². The Hall–Kier alpha value is -4.21. The number of amides is 2. The van der Waals surface area contributed by atoms with Gasteiger partial charge < -0.3 is 25.0 Å². The van der Waals surface area contributed by atoms with Gasteiger partial charge in [0.1, 0.15) is 11.4 Å². The fraction of sp³-hybridized carbons (Fsp3) is 0.344. The molecule has 9 heteroatoms. The molecule has 0 radical (unpaired) electrons. The molecule has 2 aromatic carbocycles. The number of primary amides is 1. The maximum absolute atomic E-state index is 13.2. The molecule has 212 valence electrons. The van der Waals surface area contributed by atoms with E-state index in [1.54, 1.807) is 18.2 Å². The van der Waals surface area contributed by atoms with Crippen molar-refractivity contribution in [3.63, 3.8) is 0 Å². The lowest BCUT2D eigenvalue weighted by molar-refractivity contribution is 0.0342. The third-order valence-electron chi connectivity index (χ3n) is 8.27. The number of aromatic nitrogens is 2. The number of benzene rings is 2. The number of carbonyl (C=O) groups is 2. The number of ether oxygens (including phenoxy) is 1.